The van der Waals surface area contributed by atoms with Gasteiger partial charge in [-0.25, -0.2) is 4.98 Å². The summed E-state index contributed by atoms with van der Waals surface area (Å²) in [5, 5.41) is 2.96. The van der Waals surface area contributed by atoms with Crippen LogP contribution in [0.2, 0.25) is 0 Å². The minimum atomic E-state index is 0.0293. The molecule has 1 aromatic carbocycles. The summed E-state index contributed by atoms with van der Waals surface area (Å²) >= 11 is 0. The number of rotatable bonds is 8. The van der Waals surface area contributed by atoms with E-state index in [0.29, 0.717) is 13.2 Å². The SMILES string of the molecule is CCOc1ccc(NC(=O)CN2CCN(CCn3ccnc3C)CC2)cc1. The quantitative estimate of drug-likeness (QED) is 0.767. The van der Waals surface area contributed by atoms with Crippen LogP contribution in [0.5, 0.6) is 5.75 Å². The van der Waals surface area contributed by atoms with Crippen molar-refractivity contribution in [2.75, 3.05) is 51.2 Å². The topological polar surface area (TPSA) is 62.6 Å². The zero-order chi connectivity index (χ0) is 19.1. The summed E-state index contributed by atoms with van der Waals surface area (Å²) in [6, 6.07) is 7.50. The zero-order valence-electron chi connectivity index (χ0n) is 16.2. The summed E-state index contributed by atoms with van der Waals surface area (Å²) in [7, 11) is 0. The first-order chi connectivity index (χ1) is 13.1. The fourth-order valence-corrected chi connectivity index (χ4v) is 3.26. The van der Waals surface area contributed by atoms with Crippen LogP contribution in [-0.4, -0.2) is 71.1 Å². The van der Waals surface area contributed by atoms with Crippen LogP contribution in [-0.2, 0) is 11.3 Å². The monoisotopic (exact) mass is 371 g/mol. The average Bonchev–Trinajstić information content (AvgIpc) is 3.08. The van der Waals surface area contributed by atoms with Gasteiger partial charge >= 0.3 is 0 Å². The summed E-state index contributed by atoms with van der Waals surface area (Å²) < 4.78 is 7.59. The lowest BCUT2D eigenvalue weighted by molar-refractivity contribution is -0.117. The second-order valence-electron chi connectivity index (χ2n) is 6.79. The Morgan fingerprint density at radius 3 is 2.44 bits per heavy atom. The first-order valence-corrected chi connectivity index (χ1v) is 9.59. The number of piperazine rings is 1. The Morgan fingerprint density at radius 1 is 1.11 bits per heavy atom. The summed E-state index contributed by atoms with van der Waals surface area (Å²) in [6.45, 7) is 10.8. The fraction of sp³-hybridized carbons (Fsp3) is 0.500. The van der Waals surface area contributed by atoms with Crippen molar-refractivity contribution < 1.29 is 9.53 Å². The molecule has 0 saturated carbocycles. The number of nitrogens with one attached hydrogen (secondary N) is 1. The Kier molecular flexibility index (Phi) is 6.84. The van der Waals surface area contributed by atoms with Crippen LogP contribution < -0.4 is 10.1 Å². The highest BCUT2D eigenvalue weighted by Gasteiger charge is 2.19. The lowest BCUT2D eigenvalue weighted by Crippen LogP contribution is -2.49. The van der Waals surface area contributed by atoms with Crippen molar-refractivity contribution in [3.05, 3.63) is 42.5 Å². The van der Waals surface area contributed by atoms with E-state index < -0.39 is 0 Å². The number of nitrogens with zero attached hydrogens (tertiary/aromatic N) is 4. The second-order valence-corrected chi connectivity index (χ2v) is 6.79. The van der Waals surface area contributed by atoms with Crippen LogP contribution in [0.1, 0.15) is 12.7 Å². The van der Waals surface area contributed by atoms with Gasteiger partial charge in [-0.05, 0) is 38.1 Å². The molecule has 1 aromatic heterocycles. The van der Waals surface area contributed by atoms with E-state index in [1.165, 1.54) is 0 Å². The molecule has 1 N–H and O–H groups in total. The molecule has 0 spiro atoms. The van der Waals surface area contributed by atoms with Gasteiger partial charge in [0.15, 0.2) is 0 Å². The molecule has 0 bridgehead atoms. The van der Waals surface area contributed by atoms with E-state index in [9.17, 15) is 4.79 Å². The van der Waals surface area contributed by atoms with Crippen LogP contribution in [0.4, 0.5) is 5.69 Å². The van der Waals surface area contributed by atoms with Crippen molar-refractivity contribution in [2.45, 2.75) is 20.4 Å². The molecule has 3 rings (SSSR count). The molecule has 2 heterocycles. The van der Waals surface area contributed by atoms with E-state index in [1.807, 2.05) is 50.5 Å². The number of hydrogen-bond acceptors (Lipinski definition) is 5. The molecule has 1 fully saturated rings. The Bertz CT molecular complexity index is 720. The minimum Gasteiger partial charge on any atom is -0.494 e. The molecule has 1 saturated heterocycles. The number of carbonyl (C=O) groups is 1. The van der Waals surface area contributed by atoms with Crippen molar-refractivity contribution in [3.8, 4) is 5.75 Å². The number of benzene rings is 1. The van der Waals surface area contributed by atoms with Gasteiger partial charge in [-0.1, -0.05) is 0 Å². The number of carbonyl (C=O) groups excluding carboxylic acids is 1. The van der Waals surface area contributed by atoms with Crippen LogP contribution in [0.15, 0.2) is 36.7 Å². The maximum absolute atomic E-state index is 12.3. The highest BCUT2D eigenvalue weighted by atomic mass is 16.5. The summed E-state index contributed by atoms with van der Waals surface area (Å²) in [5.41, 5.74) is 0.804. The molecule has 0 aliphatic carbocycles. The molecule has 1 aliphatic heterocycles. The molecular weight excluding hydrogens is 342 g/mol. The fourth-order valence-electron chi connectivity index (χ4n) is 3.26. The number of amides is 1. The van der Waals surface area contributed by atoms with Crippen molar-refractivity contribution in [3.63, 3.8) is 0 Å². The maximum Gasteiger partial charge on any atom is 0.238 e. The van der Waals surface area contributed by atoms with E-state index in [0.717, 1.165) is 56.5 Å². The van der Waals surface area contributed by atoms with Crippen molar-refractivity contribution >= 4 is 11.6 Å². The number of aryl methyl sites for hydroxylation is 1. The lowest BCUT2D eigenvalue weighted by atomic mass is 10.3. The van der Waals surface area contributed by atoms with E-state index in [2.05, 4.69) is 24.7 Å². The first kappa shape index (κ1) is 19.4. The smallest absolute Gasteiger partial charge is 0.238 e. The van der Waals surface area contributed by atoms with Gasteiger partial charge in [0.25, 0.3) is 0 Å². The molecule has 0 atom stereocenters. The second kappa shape index (κ2) is 9.53. The van der Waals surface area contributed by atoms with E-state index in [-0.39, 0.29) is 5.91 Å². The molecule has 7 heteroatoms. The summed E-state index contributed by atoms with van der Waals surface area (Å²) in [6.07, 6.45) is 3.87. The van der Waals surface area contributed by atoms with Crippen molar-refractivity contribution in [2.24, 2.45) is 0 Å². The molecule has 1 aliphatic rings. The number of ether oxygens (including phenoxy) is 1. The predicted octanol–water partition coefficient (Wildman–Crippen LogP) is 1.85. The number of aromatic nitrogens is 2. The number of imidazole rings is 1. The summed E-state index contributed by atoms with van der Waals surface area (Å²) in [4.78, 5) is 21.2. The Balaban J connectivity index is 1.37. The van der Waals surface area contributed by atoms with Gasteiger partial charge in [-0.2, -0.15) is 0 Å². The zero-order valence-corrected chi connectivity index (χ0v) is 16.2. The third-order valence-electron chi connectivity index (χ3n) is 4.86. The number of hydrogen-bond donors (Lipinski definition) is 1. The minimum absolute atomic E-state index is 0.0293. The third-order valence-corrected chi connectivity index (χ3v) is 4.86. The van der Waals surface area contributed by atoms with Crippen LogP contribution >= 0.6 is 0 Å². The highest BCUT2D eigenvalue weighted by molar-refractivity contribution is 5.92. The van der Waals surface area contributed by atoms with Gasteiger partial charge in [0.05, 0.1) is 13.2 Å². The van der Waals surface area contributed by atoms with Crippen molar-refractivity contribution in [1.29, 1.82) is 0 Å². The normalized spacial score (nSPS) is 15.6. The molecular formula is C20H29N5O2. The highest BCUT2D eigenvalue weighted by Crippen LogP contribution is 2.15. The molecule has 27 heavy (non-hydrogen) atoms. The molecule has 0 radical (unpaired) electrons. The molecule has 2 aromatic rings. The molecule has 7 nitrogen and oxygen atoms in total. The third kappa shape index (κ3) is 5.80. The van der Waals surface area contributed by atoms with Crippen LogP contribution in [0.25, 0.3) is 0 Å². The predicted molar refractivity (Wildman–Crippen MR) is 106 cm³/mol. The van der Waals surface area contributed by atoms with Crippen LogP contribution in [0, 0.1) is 6.92 Å². The average molecular weight is 371 g/mol. The van der Waals surface area contributed by atoms with Gasteiger partial charge < -0.3 is 14.6 Å². The molecule has 146 valence electrons. The van der Waals surface area contributed by atoms with E-state index in [4.69, 9.17) is 4.74 Å². The first-order valence-electron chi connectivity index (χ1n) is 9.59. The van der Waals surface area contributed by atoms with Crippen LogP contribution in [0.3, 0.4) is 0 Å². The molecule has 0 unspecified atom stereocenters. The Hall–Kier alpha value is -2.38. The maximum atomic E-state index is 12.3. The van der Waals surface area contributed by atoms with Gasteiger partial charge in [0.2, 0.25) is 5.91 Å². The van der Waals surface area contributed by atoms with Gasteiger partial charge in [0, 0.05) is 57.3 Å². The standard InChI is InChI=1S/C20H29N5O2/c1-3-27-19-6-4-18(5-7-19)22-20(26)16-24-12-10-23(11-13-24)14-15-25-9-8-21-17(25)2/h4-9H,3,10-16H2,1-2H3,(H,22,26). The Morgan fingerprint density at radius 2 is 1.81 bits per heavy atom. The van der Waals surface area contributed by atoms with E-state index >= 15 is 0 Å². The van der Waals surface area contributed by atoms with Gasteiger partial charge in [-0.3, -0.25) is 14.6 Å². The van der Waals surface area contributed by atoms with Gasteiger partial charge in [0.1, 0.15) is 11.6 Å². The lowest BCUT2D eigenvalue weighted by Gasteiger charge is -2.34. The number of anilines is 1. The van der Waals surface area contributed by atoms with Crippen molar-refractivity contribution in [1.82, 2.24) is 19.4 Å². The van der Waals surface area contributed by atoms with Gasteiger partial charge in [-0.15, -0.1) is 0 Å². The largest absolute Gasteiger partial charge is 0.494 e. The molecule has 1 amide bonds. The summed E-state index contributed by atoms with van der Waals surface area (Å²) in [5.74, 6) is 1.90. The Labute approximate surface area is 160 Å². The van der Waals surface area contributed by atoms with E-state index in [1.54, 1.807) is 0 Å².